The summed E-state index contributed by atoms with van der Waals surface area (Å²) in [5, 5.41) is 8.16. The molecule has 1 heterocycles. The van der Waals surface area contributed by atoms with E-state index in [1.807, 2.05) is 60.1 Å². The van der Waals surface area contributed by atoms with Crippen molar-refractivity contribution in [2.45, 2.75) is 13.8 Å². The molecule has 0 saturated carbocycles. The third-order valence-corrected chi connectivity index (χ3v) is 4.82. The maximum atomic E-state index is 14.5. The minimum Gasteiger partial charge on any atom is -0.352 e. The van der Waals surface area contributed by atoms with Crippen molar-refractivity contribution in [3.63, 3.8) is 0 Å². The minimum atomic E-state index is -0.390. The molecule has 1 aromatic heterocycles. The molecule has 0 aliphatic rings. The van der Waals surface area contributed by atoms with Crippen molar-refractivity contribution in [2.24, 2.45) is 0 Å². The van der Waals surface area contributed by atoms with Gasteiger partial charge in [-0.05, 0) is 66.9 Å². The number of hydrogen-bond acceptors (Lipinski definition) is 2. The van der Waals surface area contributed by atoms with E-state index in [9.17, 15) is 9.18 Å². The number of hydrogen-bond donors (Lipinski definition) is 1. The van der Waals surface area contributed by atoms with Gasteiger partial charge in [0.1, 0.15) is 5.82 Å². The maximum Gasteiger partial charge on any atom is 0.251 e. The molecular formula is C23H20FN3O. The lowest BCUT2D eigenvalue weighted by atomic mass is 9.96. The number of benzene rings is 3. The Kier molecular flexibility index (Phi) is 4.65. The largest absolute Gasteiger partial charge is 0.352 e. The second-order valence-corrected chi connectivity index (χ2v) is 6.66. The number of aromatic nitrogens is 2. The fourth-order valence-corrected chi connectivity index (χ4v) is 3.35. The van der Waals surface area contributed by atoms with Crippen LogP contribution in [0.3, 0.4) is 0 Å². The molecule has 4 rings (SSSR count). The van der Waals surface area contributed by atoms with Crippen molar-refractivity contribution in [1.82, 2.24) is 15.1 Å². The number of fused-ring (bicyclic) bond motifs is 1. The molecule has 0 aliphatic carbocycles. The van der Waals surface area contributed by atoms with E-state index in [-0.39, 0.29) is 11.7 Å². The maximum absolute atomic E-state index is 14.5. The van der Waals surface area contributed by atoms with E-state index in [1.165, 1.54) is 6.07 Å². The van der Waals surface area contributed by atoms with Crippen molar-refractivity contribution in [2.75, 3.05) is 6.54 Å². The minimum absolute atomic E-state index is 0.277. The van der Waals surface area contributed by atoms with E-state index in [2.05, 4.69) is 10.4 Å². The highest BCUT2D eigenvalue weighted by Crippen LogP contribution is 2.30. The van der Waals surface area contributed by atoms with Gasteiger partial charge < -0.3 is 5.32 Å². The van der Waals surface area contributed by atoms with Crippen molar-refractivity contribution in [1.29, 1.82) is 0 Å². The Morgan fingerprint density at radius 3 is 2.64 bits per heavy atom. The Balaban J connectivity index is 1.81. The summed E-state index contributed by atoms with van der Waals surface area (Å²) in [4.78, 5) is 12.2. The van der Waals surface area contributed by atoms with Gasteiger partial charge in [-0.2, -0.15) is 5.10 Å². The second-order valence-electron chi connectivity index (χ2n) is 6.66. The zero-order valence-electron chi connectivity index (χ0n) is 15.7. The number of carbonyl (C=O) groups excluding carboxylic acids is 1. The molecule has 0 radical (unpaired) electrons. The first-order valence-corrected chi connectivity index (χ1v) is 9.20. The summed E-state index contributed by atoms with van der Waals surface area (Å²) >= 11 is 0. The van der Waals surface area contributed by atoms with E-state index in [0.29, 0.717) is 23.2 Å². The fraction of sp³-hybridized carbons (Fsp3) is 0.130. The standard InChI is InChI=1S/C23H20FN3O/c1-3-25-23(28)17-12-20(15(2)21(24)13-17)16-9-10-22-18(11-16)14-26-27(22)19-7-5-4-6-8-19/h4-14H,3H2,1-2H3,(H,25,28). The lowest BCUT2D eigenvalue weighted by molar-refractivity contribution is 0.0955. The monoisotopic (exact) mass is 373 g/mol. The molecule has 1 N–H and O–H groups in total. The van der Waals surface area contributed by atoms with Crippen LogP contribution in [0.15, 0.2) is 66.9 Å². The Hall–Kier alpha value is -3.47. The molecule has 0 bridgehead atoms. The smallest absolute Gasteiger partial charge is 0.251 e. The van der Waals surface area contributed by atoms with Gasteiger partial charge in [0.05, 0.1) is 17.4 Å². The molecule has 5 heteroatoms. The SMILES string of the molecule is CCNC(=O)c1cc(F)c(C)c(-c2ccc3c(cnn3-c3ccccc3)c2)c1. The normalized spacial score (nSPS) is 11.0. The number of nitrogens with zero attached hydrogens (tertiary/aromatic N) is 2. The second kappa shape index (κ2) is 7.27. The van der Waals surface area contributed by atoms with Gasteiger partial charge in [0, 0.05) is 17.5 Å². The van der Waals surface area contributed by atoms with Gasteiger partial charge in [0.15, 0.2) is 0 Å². The summed E-state index contributed by atoms with van der Waals surface area (Å²) in [6.45, 7) is 4.06. The van der Waals surface area contributed by atoms with Gasteiger partial charge in [0.2, 0.25) is 0 Å². The van der Waals surface area contributed by atoms with Crippen LogP contribution in [0.4, 0.5) is 4.39 Å². The van der Waals surface area contributed by atoms with Gasteiger partial charge in [-0.1, -0.05) is 24.3 Å². The zero-order chi connectivity index (χ0) is 19.7. The molecule has 0 saturated heterocycles. The van der Waals surface area contributed by atoms with E-state index in [0.717, 1.165) is 22.2 Å². The molecule has 0 unspecified atom stereocenters. The van der Waals surface area contributed by atoms with Gasteiger partial charge in [-0.3, -0.25) is 4.79 Å². The molecule has 4 aromatic rings. The van der Waals surface area contributed by atoms with Crippen LogP contribution in [-0.4, -0.2) is 22.2 Å². The number of halogens is 1. The third kappa shape index (κ3) is 3.16. The molecule has 3 aromatic carbocycles. The average molecular weight is 373 g/mol. The first kappa shape index (κ1) is 17.9. The van der Waals surface area contributed by atoms with E-state index in [1.54, 1.807) is 19.2 Å². The van der Waals surface area contributed by atoms with Crippen LogP contribution in [0.2, 0.25) is 0 Å². The highest BCUT2D eigenvalue weighted by Gasteiger charge is 2.14. The van der Waals surface area contributed by atoms with Gasteiger partial charge >= 0.3 is 0 Å². The first-order valence-electron chi connectivity index (χ1n) is 9.20. The summed E-state index contributed by atoms with van der Waals surface area (Å²) in [5.74, 6) is -0.667. The van der Waals surface area contributed by atoms with E-state index < -0.39 is 0 Å². The van der Waals surface area contributed by atoms with Crippen molar-refractivity contribution in [3.05, 3.63) is 83.8 Å². The zero-order valence-corrected chi connectivity index (χ0v) is 15.7. The van der Waals surface area contributed by atoms with Crippen LogP contribution in [0.25, 0.3) is 27.7 Å². The summed E-state index contributed by atoms with van der Waals surface area (Å²) in [7, 11) is 0. The van der Waals surface area contributed by atoms with Crippen LogP contribution in [0.5, 0.6) is 0 Å². The van der Waals surface area contributed by atoms with Gasteiger partial charge in [0.25, 0.3) is 5.91 Å². The predicted molar refractivity (Wildman–Crippen MR) is 109 cm³/mol. The van der Waals surface area contributed by atoms with Crippen molar-refractivity contribution in [3.8, 4) is 16.8 Å². The van der Waals surface area contributed by atoms with Crippen LogP contribution in [0, 0.1) is 12.7 Å². The first-order chi connectivity index (χ1) is 13.6. The number of nitrogens with one attached hydrogen (secondary N) is 1. The molecule has 4 nitrogen and oxygen atoms in total. The number of rotatable bonds is 4. The van der Waals surface area contributed by atoms with Crippen LogP contribution < -0.4 is 5.32 Å². The van der Waals surface area contributed by atoms with Crippen LogP contribution >= 0.6 is 0 Å². The van der Waals surface area contributed by atoms with Crippen molar-refractivity contribution >= 4 is 16.8 Å². The predicted octanol–water partition coefficient (Wildman–Crippen LogP) is 4.89. The van der Waals surface area contributed by atoms with Gasteiger partial charge in [-0.15, -0.1) is 0 Å². The lowest BCUT2D eigenvalue weighted by Gasteiger charge is -2.11. The highest BCUT2D eigenvalue weighted by molar-refractivity contribution is 5.96. The fourth-order valence-electron chi connectivity index (χ4n) is 3.35. The van der Waals surface area contributed by atoms with Gasteiger partial charge in [-0.25, -0.2) is 9.07 Å². The molecular weight excluding hydrogens is 353 g/mol. The topological polar surface area (TPSA) is 46.9 Å². The summed E-state index contributed by atoms with van der Waals surface area (Å²) in [5.41, 5.74) is 4.33. The average Bonchev–Trinajstić information content (AvgIpc) is 3.14. The Labute approximate surface area is 162 Å². The Morgan fingerprint density at radius 1 is 1.11 bits per heavy atom. The van der Waals surface area contributed by atoms with Crippen LogP contribution in [0.1, 0.15) is 22.8 Å². The molecule has 0 fully saturated rings. The van der Waals surface area contributed by atoms with E-state index >= 15 is 0 Å². The lowest BCUT2D eigenvalue weighted by Crippen LogP contribution is -2.22. The third-order valence-electron chi connectivity index (χ3n) is 4.82. The van der Waals surface area contributed by atoms with Crippen molar-refractivity contribution < 1.29 is 9.18 Å². The number of amides is 1. The Bertz CT molecular complexity index is 1170. The summed E-state index contributed by atoms with van der Waals surface area (Å²) in [6.07, 6.45) is 1.80. The van der Waals surface area contributed by atoms with Crippen LogP contribution in [-0.2, 0) is 0 Å². The summed E-state index contributed by atoms with van der Waals surface area (Å²) < 4.78 is 16.3. The number of para-hydroxylation sites is 1. The summed E-state index contributed by atoms with van der Waals surface area (Å²) in [6, 6.07) is 18.8. The quantitative estimate of drug-likeness (QED) is 0.554. The molecule has 1 amide bonds. The molecule has 0 spiro atoms. The van der Waals surface area contributed by atoms with E-state index in [4.69, 9.17) is 0 Å². The number of carbonyl (C=O) groups is 1. The highest BCUT2D eigenvalue weighted by atomic mass is 19.1. The molecule has 0 atom stereocenters. The molecule has 140 valence electrons. The molecule has 0 aliphatic heterocycles. The molecule has 28 heavy (non-hydrogen) atoms. The Morgan fingerprint density at radius 2 is 1.89 bits per heavy atom.